The van der Waals surface area contributed by atoms with Gasteiger partial charge in [-0.25, -0.2) is 4.99 Å². The van der Waals surface area contributed by atoms with Crippen molar-refractivity contribution in [2.45, 2.75) is 19.6 Å². The van der Waals surface area contributed by atoms with Gasteiger partial charge in [-0.1, -0.05) is 77.5 Å². The van der Waals surface area contributed by atoms with Crippen molar-refractivity contribution in [1.82, 2.24) is 4.57 Å². The zero-order valence-corrected chi connectivity index (χ0v) is 26.9. The molecule has 232 valence electrons. The number of carbonyl (C=O) groups is 1. The number of rotatable bonds is 9. The third-order valence-electron chi connectivity index (χ3n) is 7.56. The lowest BCUT2D eigenvalue weighted by atomic mass is 9.95. The van der Waals surface area contributed by atoms with Crippen molar-refractivity contribution in [3.63, 3.8) is 0 Å². The maximum atomic E-state index is 14.1. The molecule has 2 heterocycles. The van der Waals surface area contributed by atoms with E-state index in [0.717, 1.165) is 16.7 Å². The molecule has 0 bridgehead atoms. The molecule has 0 fully saturated rings. The predicted molar refractivity (Wildman–Crippen MR) is 181 cm³/mol. The van der Waals surface area contributed by atoms with Gasteiger partial charge in [-0.05, 0) is 66.6 Å². The van der Waals surface area contributed by atoms with Crippen molar-refractivity contribution in [3.05, 3.63) is 150 Å². The van der Waals surface area contributed by atoms with Crippen LogP contribution in [0.15, 0.2) is 118 Å². The number of amides is 1. The van der Waals surface area contributed by atoms with Crippen LogP contribution in [0.5, 0.6) is 17.2 Å². The molecule has 5 aromatic rings. The van der Waals surface area contributed by atoms with E-state index < -0.39 is 6.04 Å². The van der Waals surface area contributed by atoms with Crippen LogP contribution in [0.25, 0.3) is 6.08 Å². The van der Waals surface area contributed by atoms with Gasteiger partial charge in [0.25, 0.3) is 11.5 Å². The van der Waals surface area contributed by atoms with Gasteiger partial charge in [0.1, 0.15) is 12.4 Å². The van der Waals surface area contributed by atoms with Crippen LogP contribution >= 0.6 is 22.9 Å². The fourth-order valence-electron chi connectivity index (χ4n) is 5.25. The topological polar surface area (TPSA) is 91.2 Å². The average molecular weight is 652 g/mol. The van der Waals surface area contributed by atoms with E-state index in [-0.39, 0.29) is 18.1 Å². The average Bonchev–Trinajstić information content (AvgIpc) is 3.38. The smallest absolute Gasteiger partial charge is 0.271 e. The SMILES string of the molecule is COc1ccc([C@@H]2C(C(=O)Nc3ccccc3)=C(C)N=c3s/c(=C/c4ccc(OCc5ccccc5Cl)c(OC)c4)c(=O)n32)cc1. The first kappa shape index (κ1) is 30.9. The molecule has 46 heavy (non-hydrogen) atoms. The third-order valence-corrected chi connectivity index (χ3v) is 8.91. The summed E-state index contributed by atoms with van der Waals surface area (Å²) in [6.07, 6.45) is 1.79. The van der Waals surface area contributed by atoms with Crippen molar-refractivity contribution in [3.8, 4) is 17.2 Å². The van der Waals surface area contributed by atoms with Crippen LogP contribution < -0.4 is 34.4 Å². The van der Waals surface area contributed by atoms with Crippen LogP contribution in [-0.2, 0) is 11.4 Å². The standard InChI is InChI=1S/C36H30ClN3O5S/c1-22-32(34(41)39-26-10-5-4-6-11-26)33(24-14-16-27(43-2)17-15-24)40-35(42)31(46-36(40)38-22)20-23-13-18-29(30(19-23)44-3)45-21-25-9-7-8-12-28(25)37/h4-20,33H,21H2,1-3H3,(H,39,41)/b31-20+/t33-/m1/s1. The van der Waals surface area contributed by atoms with Gasteiger partial charge in [0.2, 0.25) is 0 Å². The number of hydrogen-bond donors (Lipinski definition) is 1. The molecule has 1 aromatic heterocycles. The molecule has 0 aliphatic carbocycles. The van der Waals surface area contributed by atoms with Crippen LogP contribution in [0.3, 0.4) is 0 Å². The Kier molecular flexibility index (Phi) is 9.05. The second kappa shape index (κ2) is 13.5. The van der Waals surface area contributed by atoms with Crippen molar-refractivity contribution < 1.29 is 19.0 Å². The summed E-state index contributed by atoms with van der Waals surface area (Å²) in [6, 6.07) is 28.8. The molecule has 0 radical (unpaired) electrons. The maximum Gasteiger partial charge on any atom is 0.271 e. The molecule has 1 aliphatic heterocycles. The largest absolute Gasteiger partial charge is 0.497 e. The maximum absolute atomic E-state index is 14.1. The van der Waals surface area contributed by atoms with Crippen molar-refractivity contribution in [2.24, 2.45) is 4.99 Å². The lowest BCUT2D eigenvalue weighted by molar-refractivity contribution is -0.113. The Morgan fingerprint density at radius 1 is 0.957 bits per heavy atom. The molecule has 0 unspecified atom stereocenters. The minimum absolute atomic E-state index is 0.264. The first-order valence-corrected chi connectivity index (χ1v) is 15.6. The first-order chi connectivity index (χ1) is 22.4. The van der Waals surface area contributed by atoms with Crippen molar-refractivity contribution in [1.29, 1.82) is 0 Å². The lowest BCUT2D eigenvalue weighted by Gasteiger charge is -2.25. The second-order valence-corrected chi connectivity index (χ2v) is 11.9. The number of carbonyl (C=O) groups excluding carboxylic acids is 1. The summed E-state index contributed by atoms with van der Waals surface area (Å²) < 4.78 is 19.0. The number of ether oxygens (including phenoxy) is 3. The molecule has 1 aliphatic rings. The number of benzene rings is 4. The van der Waals surface area contributed by atoms with Crippen LogP contribution in [0.2, 0.25) is 5.02 Å². The van der Waals surface area contributed by atoms with E-state index in [1.54, 1.807) is 37.9 Å². The Labute approximate surface area is 274 Å². The number of hydrogen-bond acceptors (Lipinski definition) is 7. The zero-order chi connectivity index (χ0) is 32.2. The molecule has 1 atom stereocenters. The van der Waals surface area contributed by atoms with E-state index in [1.807, 2.05) is 91.0 Å². The second-order valence-electron chi connectivity index (χ2n) is 10.5. The highest BCUT2D eigenvalue weighted by atomic mass is 35.5. The molecule has 6 rings (SSSR count). The van der Waals surface area contributed by atoms with Gasteiger partial charge >= 0.3 is 0 Å². The van der Waals surface area contributed by atoms with E-state index in [2.05, 4.69) is 5.32 Å². The van der Waals surface area contributed by atoms with Crippen molar-refractivity contribution >= 4 is 40.6 Å². The molecule has 4 aromatic carbocycles. The minimum Gasteiger partial charge on any atom is -0.497 e. The summed E-state index contributed by atoms with van der Waals surface area (Å²) in [4.78, 5) is 33.1. The van der Waals surface area contributed by atoms with Gasteiger partial charge in [0, 0.05) is 16.3 Å². The lowest BCUT2D eigenvalue weighted by Crippen LogP contribution is -2.40. The fraction of sp³-hybridized carbons (Fsp3) is 0.139. The van der Waals surface area contributed by atoms with Gasteiger partial charge in [-0.2, -0.15) is 0 Å². The highest BCUT2D eigenvalue weighted by molar-refractivity contribution is 7.07. The van der Waals surface area contributed by atoms with Crippen LogP contribution in [0, 0.1) is 0 Å². The van der Waals surface area contributed by atoms with Gasteiger partial charge in [0.05, 0.1) is 36.1 Å². The summed E-state index contributed by atoms with van der Waals surface area (Å²) in [5.41, 5.74) is 3.65. The van der Waals surface area contributed by atoms with E-state index in [0.29, 0.717) is 48.6 Å². The Hall–Kier alpha value is -5.12. The molecule has 8 nitrogen and oxygen atoms in total. The number of nitrogens with one attached hydrogen (secondary N) is 1. The summed E-state index contributed by atoms with van der Waals surface area (Å²) in [5, 5.41) is 3.59. The van der Waals surface area contributed by atoms with Crippen LogP contribution in [-0.4, -0.2) is 24.7 Å². The quantitative estimate of drug-likeness (QED) is 0.207. The summed E-state index contributed by atoms with van der Waals surface area (Å²) in [7, 11) is 3.16. The highest BCUT2D eigenvalue weighted by Crippen LogP contribution is 2.32. The molecular formula is C36H30ClN3O5S. The zero-order valence-electron chi connectivity index (χ0n) is 25.3. The summed E-state index contributed by atoms with van der Waals surface area (Å²) >= 11 is 7.55. The van der Waals surface area contributed by atoms with E-state index >= 15 is 0 Å². The fourth-order valence-corrected chi connectivity index (χ4v) is 6.49. The Morgan fingerprint density at radius 2 is 1.70 bits per heavy atom. The van der Waals surface area contributed by atoms with E-state index in [1.165, 1.54) is 11.3 Å². The van der Waals surface area contributed by atoms with Gasteiger partial charge in [0.15, 0.2) is 16.3 Å². The predicted octanol–water partition coefficient (Wildman–Crippen LogP) is 6.12. The summed E-state index contributed by atoms with van der Waals surface area (Å²) in [6.45, 7) is 2.07. The molecule has 0 saturated carbocycles. The van der Waals surface area contributed by atoms with Gasteiger partial charge < -0.3 is 19.5 Å². The number of aromatic nitrogens is 1. The molecule has 1 N–H and O–H groups in total. The molecular weight excluding hydrogens is 622 g/mol. The number of anilines is 1. The normalized spacial score (nSPS) is 14.3. The van der Waals surface area contributed by atoms with Crippen molar-refractivity contribution in [2.75, 3.05) is 19.5 Å². The Morgan fingerprint density at radius 3 is 2.41 bits per heavy atom. The molecule has 0 spiro atoms. The molecule has 1 amide bonds. The first-order valence-electron chi connectivity index (χ1n) is 14.4. The monoisotopic (exact) mass is 651 g/mol. The molecule has 10 heteroatoms. The van der Waals surface area contributed by atoms with E-state index in [4.69, 9.17) is 30.8 Å². The van der Waals surface area contributed by atoms with Crippen LogP contribution in [0.4, 0.5) is 5.69 Å². The number of halogens is 1. The van der Waals surface area contributed by atoms with Gasteiger partial charge in [-0.15, -0.1) is 0 Å². The summed E-state index contributed by atoms with van der Waals surface area (Å²) in [5.74, 6) is 1.39. The number of allylic oxidation sites excluding steroid dienone is 1. The molecule has 0 saturated heterocycles. The number of methoxy groups -OCH3 is 2. The number of thiazole rings is 1. The Bertz CT molecular complexity index is 2120. The Balaban J connectivity index is 1.38. The van der Waals surface area contributed by atoms with Crippen LogP contribution in [0.1, 0.15) is 29.7 Å². The van der Waals surface area contributed by atoms with E-state index in [9.17, 15) is 9.59 Å². The minimum atomic E-state index is -0.705. The van der Waals surface area contributed by atoms with Gasteiger partial charge in [-0.3, -0.25) is 14.2 Å². The number of para-hydroxylation sites is 1. The number of fused-ring (bicyclic) bond motifs is 1. The number of nitrogens with zero attached hydrogens (tertiary/aromatic N) is 2. The highest BCUT2D eigenvalue weighted by Gasteiger charge is 2.32. The third kappa shape index (κ3) is 6.33.